The number of hydrazone groups is 1. The van der Waals surface area contributed by atoms with Crippen molar-refractivity contribution < 1.29 is 19.4 Å². The molecule has 1 aromatic carbocycles. The van der Waals surface area contributed by atoms with Crippen LogP contribution in [0.25, 0.3) is 0 Å². The van der Waals surface area contributed by atoms with Crippen molar-refractivity contribution in [3.05, 3.63) is 67.3 Å². The van der Waals surface area contributed by atoms with Crippen molar-refractivity contribution in [2.24, 2.45) is 5.10 Å². The molecule has 172 valence electrons. The number of aromatic nitrogens is 5. The van der Waals surface area contributed by atoms with Gasteiger partial charge in [0.1, 0.15) is 23.7 Å². The number of aryl methyl sites for hydroxylation is 1. The molecule has 0 unspecified atom stereocenters. The average molecular weight is 457 g/mol. The van der Waals surface area contributed by atoms with Crippen molar-refractivity contribution in [1.82, 2.24) is 30.0 Å². The number of methoxy groups -OCH3 is 1. The Morgan fingerprint density at radius 3 is 2.61 bits per heavy atom. The van der Waals surface area contributed by atoms with Gasteiger partial charge in [0.05, 0.1) is 24.8 Å². The molecule has 2 aromatic heterocycles. The number of carbonyl (C=O) groups excluding carboxylic acids is 1. The highest BCUT2D eigenvalue weighted by molar-refractivity contribution is 5.82. The smallest absolute Gasteiger partial charge is 0.490 e. The number of nitro groups is 2. The van der Waals surface area contributed by atoms with Gasteiger partial charge < -0.3 is 14.9 Å². The standard InChI is InChI=1S/C18H19N9O6/c1-11-17(26(29)30)12(2)25(22-11)9-16(28)21-20-7-13-4-5-15(33-3)14(6-13)8-24-10-19-18(23-24)27(31)32/h4-7,10H,8-9H2,1-3H3,(H,21,28)/b20-7+. The Bertz CT molecular complexity index is 1250. The molecule has 0 radical (unpaired) electrons. The van der Waals surface area contributed by atoms with E-state index in [1.54, 1.807) is 18.2 Å². The molecule has 0 aliphatic carbocycles. The Balaban J connectivity index is 1.67. The molecule has 2 heterocycles. The summed E-state index contributed by atoms with van der Waals surface area (Å²) < 4.78 is 7.84. The second kappa shape index (κ2) is 9.63. The topological polar surface area (TPSA) is 186 Å². The van der Waals surface area contributed by atoms with Crippen LogP contribution in [0.1, 0.15) is 22.5 Å². The van der Waals surface area contributed by atoms with Gasteiger partial charge >= 0.3 is 11.6 Å². The molecule has 0 spiro atoms. The molecule has 15 nitrogen and oxygen atoms in total. The minimum absolute atomic E-state index is 0.130. The molecule has 0 fully saturated rings. The number of carbonyl (C=O) groups is 1. The monoisotopic (exact) mass is 457 g/mol. The number of nitrogens with zero attached hydrogens (tertiary/aromatic N) is 8. The van der Waals surface area contributed by atoms with Gasteiger partial charge in [0.15, 0.2) is 0 Å². The number of nitrogens with one attached hydrogen (secondary N) is 1. The predicted molar refractivity (Wildman–Crippen MR) is 113 cm³/mol. The molecular formula is C18H19N9O6. The van der Waals surface area contributed by atoms with Gasteiger partial charge in [0.25, 0.3) is 5.91 Å². The molecule has 0 bridgehead atoms. The molecule has 15 heteroatoms. The van der Waals surface area contributed by atoms with Crippen molar-refractivity contribution in [3.8, 4) is 5.75 Å². The lowest BCUT2D eigenvalue weighted by atomic mass is 10.1. The number of hydrogen-bond acceptors (Lipinski definition) is 10. The van der Waals surface area contributed by atoms with Gasteiger partial charge in [-0.1, -0.05) is 4.98 Å². The van der Waals surface area contributed by atoms with Gasteiger partial charge in [-0.25, -0.2) is 5.43 Å². The van der Waals surface area contributed by atoms with E-state index in [0.29, 0.717) is 16.9 Å². The SMILES string of the molecule is COc1ccc(/C=N/NC(=O)Cn2nc(C)c([N+](=O)[O-])c2C)cc1Cn1cnc([N+](=O)[O-])n1. The fraction of sp³-hybridized carbons (Fsp3) is 0.278. The van der Waals surface area contributed by atoms with Gasteiger partial charge in [-0.15, -0.1) is 0 Å². The second-order valence-electron chi connectivity index (χ2n) is 6.80. The van der Waals surface area contributed by atoms with E-state index in [1.807, 2.05) is 0 Å². The Morgan fingerprint density at radius 1 is 1.24 bits per heavy atom. The quantitative estimate of drug-likeness (QED) is 0.279. The Hall–Kier alpha value is -4.69. The van der Waals surface area contributed by atoms with Gasteiger partial charge in [-0.3, -0.25) is 19.6 Å². The zero-order valence-electron chi connectivity index (χ0n) is 17.8. The molecule has 3 rings (SSSR count). The highest BCUT2D eigenvalue weighted by Gasteiger charge is 2.22. The van der Waals surface area contributed by atoms with Crippen LogP contribution in [0.3, 0.4) is 0 Å². The fourth-order valence-electron chi connectivity index (χ4n) is 3.08. The summed E-state index contributed by atoms with van der Waals surface area (Å²) in [6.07, 6.45) is 2.64. The van der Waals surface area contributed by atoms with Crippen LogP contribution in [-0.2, 0) is 17.9 Å². The van der Waals surface area contributed by atoms with Crippen molar-refractivity contribution in [1.29, 1.82) is 0 Å². The normalized spacial score (nSPS) is 11.0. The third kappa shape index (κ3) is 5.33. The van der Waals surface area contributed by atoms with E-state index in [4.69, 9.17) is 4.74 Å². The first kappa shape index (κ1) is 23.0. The van der Waals surface area contributed by atoms with E-state index >= 15 is 0 Å². The van der Waals surface area contributed by atoms with Gasteiger partial charge in [-0.05, 0) is 42.5 Å². The summed E-state index contributed by atoms with van der Waals surface area (Å²) in [5, 5.41) is 33.5. The van der Waals surface area contributed by atoms with Crippen molar-refractivity contribution in [2.45, 2.75) is 26.9 Å². The maximum absolute atomic E-state index is 12.2. The Labute approximate surface area is 186 Å². The molecule has 0 atom stereocenters. The lowest BCUT2D eigenvalue weighted by Gasteiger charge is -2.08. The van der Waals surface area contributed by atoms with Crippen LogP contribution in [0.4, 0.5) is 11.6 Å². The van der Waals surface area contributed by atoms with Crippen LogP contribution in [0, 0.1) is 34.1 Å². The number of ether oxygens (including phenoxy) is 1. The molecule has 1 amide bonds. The summed E-state index contributed by atoms with van der Waals surface area (Å²) in [6.45, 7) is 2.93. The lowest BCUT2D eigenvalue weighted by Crippen LogP contribution is -2.24. The largest absolute Gasteiger partial charge is 0.496 e. The molecule has 3 aromatic rings. The number of rotatable bonds is 9. The van der Waals surface area contributed by atoms with E-state index in [-0.39, 0.29) is 30.2 Å². The summed E-state index contributed by atoms with van der Waals surface area (Å²) in [6, 6.07) is 5.09. The molecule has 0 saturated carbocycles. The summed E-state index contributed by atoms with van der Waals surface area (Å²) in [5.41, 5.74) is 3.97. The highest BCUT2D eigenvalue weighted by Crippen LogP contribution is 2.22. The predicted octanol–water partition coefficient (Wildman–Crippen LogP) is 1.12. The fourth-order valence-corrected chi connectivity index (χ4v) is 3.08. The summed E-state index contributed by atoms with van der Waals surface area (Å²) in [4.78, 5) is 36.4. The maximum Gasteiger partial charge on any atom is 0.490 e. The van der Waals surface area contributed by atoms with E-state index in [2.05, 4.69) is 25.7 Å². The van der Waals surface area contributed by atoms with Crippen molar-refractivity contribution in [3.63, 3.8) is 0 Å². The van der Waals surface area contributed by atoms with Gasteiger partial charge in [0, 0.05) is 10.7 Å². The van der Waals surface area contributed by atoms with Crippen LogP contribution < -0.4 is 10.2 Å². The first-order valence-corrected chi connectivity index (χ1v) is 9.40. The summed E-state index contributed by atoms with van der Waals surface area (Å²) in [5.74, 6) is -0.502. The van der Waals surface area contributed by atoms with Crippen LogP contribution in [0.2, 0.25) is 0 Å². The zero-order chi connectivity index (χ0) is 24.1. The van der Waals surface area contributed by atoms with Crippen LogP contribution in [-0.4, -0.2) is 53.6 Å². The van der Waals surface area contributed by atoms with Crippen LogP contribution >= 0.6 is 0 Å². The first-order chi connectivity index (χ1) is 15.7. The van der Waals surface area contributed by atoms with E-state index in [1.165, 1.54) is 42.9 Å². The summed E-state index contributed by atoms with van der Waals surface area (Å²) >= 11 is 0. The maximum atomic E-state index is 12.2. The molecule has 0 aliphatic heterocycles. The Morgan fingerprint density at radius 2 is 2.00 bits per heavy atom. The molecular weight excluding hydrogens is 438 g/mol. The van der Waals surface area contributed by atoms with Crippen LogP contribution in [0.5, 0.6) is 5.75 Å². The third-order valence-corrected chi connectivity index (χ3v) is 4.55. The molecule has 33 heavy (non-hydrogen) atoms. The highest BCUT2D eigenvalue weighted by atomic mass is 16.6. The first-order valence-electron chi connectivity index (χ1n) is 9.40. The average Bonchev–Trinajstić information content (AvgIpc) is 3.32. The molecule has 0 aliphatic rings. The lowest BCUT2D eigenvalue weighted by molar-refractivity contribution is -0.394. The van der Waals surface area contributed by atoms with Gasteiger partial charge in [-0.2, -0.15) is 14.9 Å². The number of benzene rings is 1. The minimum Gasteiger partial charge on any atom is -0.496 e. The van der Waals surface area contributed by atoms with Crippen LogP contribution in [0.15, 0.2) is 29.6 Å². The van der Waals surface area contributed by atoms with E-state index in [0.717, 1.165) is 0 Å². The van der Waals surface area contributed by atoms with E-state index < -0.39 is 21.7 Å². The zero-order valence-corrected chi connectivity index (χ0v) is 17.8. The number of amides is 1. The third-order valence-electron chi connectivity index (χ3n) is 4.55. The second-order valence-corrected chi connectivity index (χ2v) is 6.80. The van der Waals surface area contributed by atoms with Crippen molar-refractivity contribution >= 4 is 23.8 Å². The number of hydrogen-bond donors (Lipinski definition) is 1. The Kier molecular flexibility index (Phi) is 6.71. The van der Waals surface area contributed by atoms with Gasteiger partial charge in [0.2, 0.25) is 6.33 Å². The van der Waals surface area contributed by atoms with E-state index in [9.17, 15) is 25.0 Å². The molecule has 1 N–H and O–H groups in total. The van der Waals surface area contributed by atoms with Crippen molar-refractivity contribution in [2.75, 3.05) is 7.11 Å². The molecule has 0 saturated heterocycles. The minimum atomic E-state index is -0.691. The summed E-state index contributed by atoms with van der Waals surface area (Å²) in [7, 11) is 1.49.